The summed E-state index contributed by atoms with van der Waals surface area (Å²) in [6.07, 6.45) is 10.9. The Balaban J connectivity index is 2.05. The number of benzene rings is 3. The van der Waals surface area contributed by atoms with Crippen molar-refractivity contribution in [1.29, 1.82) is 0 Å². The highest BCUT2D eigenvalue weighted by Crippen LogP contribution is 2.37. The molecule has 0 aliphatic rings. The summed E-state index contributed by atoms with van der Waals surface area (Å²) in [5.41, 5.74) is 12.8. The standard InChI is InChI=1S/C41H46N2/c1-11-41(9,10)31(5)25-23-29(3)35-27-26-34(28(2)22-24-30(4)40(6,7)8)38-39(35)43-37(33-20-16-13-17-21-33)36(42-38)32-18-14-12-15-19-32/h11-27H,1H2,2-10H3/b28-22+,29-23+,30-24+,31-25+. The molecule has 0 aliphatic heterocycles. The van der Waals surface area contributed by atoms with E-state index in [2.05, 4.69) is 154 Å². The number of aromatic nitrogens is 2. The van der Waals surface area contributed by atoms with Crippen molar-refractivity contribution < 1.29 is 0 Å². The maximum atomic E-state index is 5.43. The number of allylic oxidation sites excluding steroid dienone is 9. The molecule has 2 nitrogen and oxygen atoms in total. The van der Waals surface area contributed by atoms with Gasteiger partial charge in [0.2, 0.25) is 0 Å². The molecular weight excluding hydrogens is 520 g/mol. The maximum Gasteiger partial charge on any atom is 0.0976 e. The molecule has 0 atom stereocenters. The first-order valence-corrected chi connectivity index (χ1v) is 15.1. The van der Waals surface area contributed by atoms with Crippen LogP contribution in [0.2, 0.25) is 0 Å². The lowest BCUT2D eigenvalue weighted by molar-refractivity contribution is 0.504. The molecule has 0 spiro atoms. The number of hydrogen-bond acceptors (Lipinski definition) is 2. The average Bonchev–Trinajstić information content (AvgIpc) is 3.01. The fourth-order valence-electron chi connectivity index (χ4n) is 4.67. The molecule has 0 N–H and O–H groups in total. The molecule has 0 fully saturated rings. The minimum atomic E-state index is -0.0752. The van der Waals surface area contributed by atoms with E-state index in [1.807, 2.05) is 18.2 Å². The Morgan fingerprint density at radius 1 is 0.558 bits per heavy atom. The van der Waals surface area contributed by atoms with E-state index in [1.54, 1.807) is 0 Å². The topological polar surface area (TPSA) is 25.8 Å². The highest BCUT2D eigenvalue weighted by atomic mass is 14.8. The Labute approximate surface area is 259 Å². The first kappa shape index (κ1) is 31.6. The van der Waals surface area contributed by atoms with Crippen LogP contribution in [0.25, 0.3) is 44.7 Å². The molecule has 0 saturated carbocycles. The molecule has 0 unspecified atom stereocenters. The average molecular weight is 567 g/mol. The second-order valence-corrected chi connectivity index (χ2v) is 13.1. The fourth-order valence-corrected chi connectivity index (χ4v) is 4.67. The van der Waals surface area contributed by atoms with Crippen molar-refractivity contribution in [2.45, 2.75) is 62.3 Å². The number of fused-ring (bicyclic) bond motifs is 1. The van der Waals surface area contributed by atoms with E-state index >= 15 is 0 Å². The van der Waals surface area contributed by atoms with Crippen LogP contribution in [-0.2, 0) is 0 Å². The predicted molar refractivity (Wildman–Crippen MR) is 189 cm³/mol. The van der Waals surface area contributed by atoms with Gasteiger partial charge in [-0.1, -0.05) is 149 Å². The van der Waals surface area contributed by atoms with Crippen LogP contribution in [0.15, 0.2) is 121 Å². The Hall–Kier alpha value is -4.30. The second kappa shape index (κ2) is 12.9. The molecule has 3 aromatic carbocycles. The highest BCUT2D eigenvalue weighted by molar-refractivity contribution is 5.98. The third-order valence-electron chi connectivity index (χ3n) is 8.64. The first-order valence-electron chi connectivity index (χ1n) is 15.1. The summed E-state index contributed by atoms with van der Waals surface area (Å²) in [6, 6.07) is 25.2. The molecule has 43 heavy (non-hydrogen) atoms. The summed E-state index contributed by atoms with van der Waals surface area (Å²) in [7, 11) is 0. The molecule has 0 aliphatic carbocycles. The summed E-state index contributed by atoms with van der Waals surface area (Å²) in [5, 5.41) is 0. The van der Waals surface area contributed by atoms with E-state index < -0.39 is 0 Å². The van der Waals surface area contributed by atoms with Gasteiger partial charge in [-0.05, 0) is 44.3 Å². The van der Waals surface area contributed by atoms with E-state index in [1.165, 1.54) is 11.1 Å². The summed E-state index contributed by atoms with van der Waals surface area (Å²) in [4.78, 5) is 10.9. The number of rotatable bonds is 8. The van der Waals surface area contributed by atoms with E-state index in [0.29, 0.717) is 0 Å². The number of nitrogens with zero attached hydrogens (tertiary/aromatic N) is 2. The molecule has 1 heterocycles. The summed E-state index contributed by atoms with van der Waals surface area (Å²) < 4.78 is 0. The van der Waals surface area contributed by atoms with Crippen LogP contribution in [0.5, 0.6) is 0 Å². The lowest BCUT2D eigenvalue weighted by Gasteiger charge is -2.20. The first-order chi connectivity index (χ1) is 20.3. The third kappa shape index (κ3) is 7.20. The van der Waals surface area contributed by atoms with E-state index in [0.717, 1.165) is 55.8 Å². The van der Waals surface area contributed by atoms with Gasteiger partial charge in [0.15, 0.2) is 0 Å². The van der Waals surface area contributed by atoms with Crippen LogP contribution in [0, 0.1) is 10.8 Å². The van der Waals surface area contributed by atoms with Crippen molar-refractivity contribution in [3.63, 3.8) is 0 Å². The van der Waals surface area contributed by atoms with Gasteiger partial charge in [-0.2, -0.15) is 0 Å². The zero-order chi connectivity index (χ0) is 31.4. The van der Waals surface area contributed by atoms with Crippen LogP contribution >= 0.6 is 0 Å². The fraction of sp³-hybridized carbons (Fsp3) is 0.268. The van der Waals surface area contributed by atoms with Crippen molar-refractivity contribution >= 4 is 22.2 Å². The van der Waals surface area contributed by atoms with Crippen LogP contribution in [0.4, 0.5) is 0 Å². The van der Waals surface area contributed by atoms with Crippen molar-refractivity contribution in [2.75, 3.05) is 0 Å². The Morgan fingerprint density at radius 3 is 1.33 bits per heavy atom. The molecule has 0 radical (unpaired) electrons. The molecule has 4 rings (SSSR count). The van der Waals surface area contributed by atoms with Crippen molar-refractivity contribution in [2.24, 2.45) is 10.8 Å². The van der Waals surface area contributed by atoms with Gasteiger partial charge in [-0.25, -0.2) is 9.97 Å². The zero-order valence-electron chi connectivity index (χ0n) is 27.4. The maximum absolute atomic E-state index is 5.43. The normalized spacial score (nSPS) is 13.9. The van der Waals surface area contributed by atoms with Gasteiger partial charge in [0.25, 0.3) is 0 Å². The Bertz CT molecular complexity index is 1740. The summed E-state index contributed by atoms with van der Waals surface area (Å²) in [6.45, 7) is 23.8. The summed E-state index contributed by atoms with van der Waals surface area (Å²) in [5.74, 6) is 0. The summed E-state index contributed by atoms with van der Waals surface area (Å²) >= 11 is 0. The monoisotopic (exact) mass is 566 g/mol. The Morgan fingerprint density at radius 2 is 0.953 bits per heavy atom. The van der Waals surface area contributed by atoms with Gasteiger partial charge in [0, 0.05) is 27.7 Å². The lowest BCUT2D eigenvalue weighted by Crippen LogP contribution is -2.07. The number of hydrogen-bond donors (Lipinski definition) is 0. The highest BCUT2D eigenvalue weighted by Gasteiger charge is 2.19. The predicted octanol–water partition coefficient (Wildman–Crippen LogP) is 11.9. The molecule has 0 bridgehead atoms. The molecule has 4 aromatic rings. The molecule has 2 heteroatoms. The third-order valence-corrected chi connectivity index (χ3v) is 8.64. The van der Waals surface area contributed by atoms with Gasteiger partial charge in [0.05, 0.1) is 22.4 Å². The van der Waals surface area contributed by atoms with Crippen LogP contribution < -0.4 is 0 Å². The minimum Gasteiger partial charge on any atom is -0.243 e. The van der Waals surface area contributed by atoms with Crippen molar-refractivity contribution in [3.05, 3.63) is 132 Å². The molecule has 0 amide bonds. The quantitative estimate of drug-likeness (QED) is 0.157. The molecule has 0 saturated heterocycles. The van der Waals surface area contributed by atoms with Gasteiger partial charge >= 0.3 is 0 Å². The second-order valence-electron chi connectivity index (χ2n) is 13.1. The smallest absolute Gasteiger partial charge is 0.0976 e. The Kier molecular flexibility index (Phi) is 9.50. The van der Waals surface area contributed by atoms with Crippen molar-refractivity contribution in [3.8, 4) is 22.5 Å². The largest absolute Gasteiger partial charge is 0.243 e. The molecular formula is C41H46N2. The van der Waals surface area contributed by atoms with E-state index in [9.17, 15) is 0 Å². The van der Waals surface area contributed by atoms with Gasteiger partial charge in [-0.3, -0.25) is 0 Å². The molecule has 220 valence electrons. The van der Waals surface area contributed by atoms with Gasteiger partial charge < -0.3 is 0 Å². The zero-order valence-corrected chi connectivity index (χ0v) is 27.4. The van der Waals surface area contributed by atoms with Gasteiger partial charge in [-0.15, -0.1) is 6.58 Å². The van der Waals surface area contributed by atoms with Crippen LogP contribution in [0.3, 0.4) is 0 Å². The minimum absolute atomic E-state index is 0.0752. The van der Waals surface area contributed by atoms with Gasteiger partial charge in [0.1, 0.15) is 0 Å². The van der Waals surface area contributed by atoms with E-state index in [4.69, 9.17) is 9.97 Å². The lowest BCUT2D eigenvalue weighted by atomic mass is 9.85. The van der Waals surface area contributed by atoms with Crippen LogP contribution in [-0.4, -0.2) is 9.97 Å². The van der Waals surface area contributed by atoms with E-state index in [-0.39, 0.29) is 10.8 Å². The van der Waals surface area contributed by atoms with Crippen LogP contribution in [0.1, 0.15) is 73.4 Å². The van der Waals surface area contributed by atoms with Crippen molar-refractivity contribution in [1.82, 2.24) is 9.97 Å². The molecule has 1 aromatic heterocycles. The SMILES string of the molecule is C=CC(C)(C)/C(C)=C/C=C(\C)c1ccc(/C(C)=C/C=C(\C)C(C)(C)C)c2nc(-c3ccccc3)c(-c3ccccc3)nc12.